The number of ether oxygens (including phenoxy) is 3. The van der Waals surface area contributed by atoms with Gasteiger partial charge in [0.25, 0.3) is 5.91 Å². The summed E-state index contributed by atoms with van der Waals surface area (Å²) in [6.07, 6.45) is 0. The molecule has 25 heavy (non-hydrogen) atoms. The van der Waals surface area contributed by atoms with Gasteiger partial charge in [-0.1, -0.05) is 17.7 Å². The maximum absolute atomic E-state index is 11.8. The van der Waals surface area contributed by atoms with Crippen molar-refractivity contribution < 1.29 is 19.0 Å². The van der Waals surface area contributed by atoms with Crippen molar-refractivity contribution in [3.8, 4) is 23.3 Å². The number of carbonyl (C=O) groups excluding carboxylic acids is 1. The number of hydrogen-bond donors (Lipinski definition) is 1. The number of amides is 1. The molecule has 0 atom stereocenters. The van der Waals surface area contributed by atoms with Gasteiger partial charge in [0.05, 0.1) is 25.3 Å². The van der Waals surface area contributed by atoms with Gasteiger partial charge in [0.2, 0.25) is 0 Å². The molecule has 0 fully saturated rings. The lowest BCUT2D eigenvalue weighted by atomic mass is 10.2. The zero-order valence-corrected chi connectivity index (χ0v) is 14.2. The van der Waals surface area contributed by atoms with Crippen LogP contribution < -0.4 is 19.5 Å². The standard InChI is InChI=1S/C19H20N2O4/c1-14-3-6-16(7-4-14)24-10-9-21-19(22)13-25-17-8-5-15(12-20)11-18(17)23-2/h3-8,11H,9-10,13H2,1-2H3,(H,21,22). The number of methoxy groups -OCH3 is 1. The average molecular weight is 340 g/mol. The van der Waals surface area contributed by atoms with Gasteiger partial charge in [-0.05, 0) is 31.2 Å². The van der Waals surface area contributed by atoms with Gasteiger partial charge in [-0.25, -0.2) is 0 Å². The van der Waals surface area contributed by atoms with Gasteiger partial charge in [0.1, 0.15) is 12.4 Å². The second-order valence-electron chi connectivity index (χ2n) is 5.28. The minimum Gasteiger partial charge on any atom is -0.493 e. The molecule has 130 valence electrons. The van der Waals surface area contributed by atoms with E-state index in [0.717, 1.165) is 11.3 Å². The minimum absolute atomic E-state index is 0.146. The Morgan fingerprint density at radius 3 is 2.56 bits per heavy atom. The number of nitrogens with one attached hydrogen (secondary N) is 1. The molecular formula is C19H20N2O4. The molecule has 0 saturated carbocycles. The van der Waals surface area contributed by atoms with Gasteiger partial charge in [0, 0.05) is 6.07 Å². The van der Waals surface area contributed by atoms with E-state index < -0.39 is 0 Å². The molecule has 0 aliphatic rings. The summed E-state index contributed by atoms with van der Waals surface area (Å²) in [5.41, 5.74) is 1.62. The Morgan fingerprint density at radius 1 is 1.12 bits per heavy atom. The Bertz CT molecular complexity index is 751. The average Bonchev–Trinajstić information content (AvgIpc) is 2.64. The van der Waals surface area contributed by atoms with Crippen LogP contribution in [0.5, 0.6) is 17.2 Å². The van der Waals surface area contributed by atoms with E-state index in [0.29, 0.717) is 30.2 Å². The van der Waals surface area contributed by atoms with Crippen molar-refractivity contribution in [3.63, 3.8) is 0 Å². The van der Waals surface area contributed by atoms with Crippen LogP contribution in [0, 0.1) is 18.3 Å². The van der Waals surface area contributed by atoms with Crippen LogP contribution in [0.25, 0.3) is 0 Å². The minimum atomic E-state index is -0.265. The van der Waals surface area contributed by atoms with E-state index >= 15 is 0 Å². The van der Waals surface area contributed by atoms with Crippen molar-refractivity contribution in [3.05, 3.63) is 53.6 Å². The summed E-state index contributed by atoms with van der Waals surface area (Å²) in [4.78, 5) is 11.8. The van der Waals surface area contributed by atoms with Crippen molar-refractivity contribution in [2.45, 2.75) is 6.92 Å². The molecule has 1 amide bonds. The number of nitriles is 1. The highest BCUT2D eigenvalue weighted by atomic mass is 16.5. The SMILES string of the molecule is COc1cc(C#N)ccc1OCC(=O)NCCOc1ccc(C)cc1. The van der Waals surface area contributed by atoms with Crippen molar-refractivity contribution in [1.82, 2.24) is 5.32 Å². The van der Waals surface area contributed by atoms with Gasteiger partial charge >= 0.3 is 0 Å². The summed E-state index contributed by atoms with van der Waals surface area (Å²) in [5.74, 6) is 1.32. The fourth-order valence-electron chi connectivity index (χ4n) is 2.04. The molecule has 2 aromatic carbocycles. The van der Waals surface area contributed by atoms with Crippen LogP contribution in [-0.4, -0.2) is 32.8 Å². The molecule has 0 bridgehead atoms. The molecule has 2 rings (SSSR count). The molecule has 0 unspecified atom stereocenters. The van der Waals surface area contributed by atoms with E-state index in [9.17, 15) is 4.79 Å². The highest BCUT2D eigenvalue weighted by Gasteiger charge is 2.08. The first-order valence-electron chi connectivity index (χ1n) is 7.79. The zero-order valence-electron chi connectivity index (χ0n) is 14.2. The quantitative estimate of drug-likeness (QED) is 0.747. The predicted octanol–water partition coefficient (Wildman–Crippen LogP) is 2.45. The summed E-state index contributed by atoms with van der Waals surface area (Å²) >= 11 is 0. The smallest absolute Gasteiger partial charge is 0.258 e. The van der Waals surface area contributed by atoms with Crippen LogP contribution in [0.15, 0.2) is 42.5 Å². The molecule has 0 heterocycles. The van der Waals surface area contributed by atoms with Crippen LogP contribution in [0.2, 0.25) is 0 Å². The van der Waals surface area contributed by atoms with Crippen LogP contribution in [0.4, 0.5) is 0 Å². The highest BCUT2D eigenvalue weighted by Crippen LogP contribution is 2.27. The molecular weight excluding hydrogens is 320 g/mol. The van der Waals surface area contributed by atoms with E-state index in [-0.39, 0.29) is 12.5 Å². The molecule has 6 nitrogen and oxygen atoms in total. The monoisotopic (exact) mass is 340 g/mol. The van der Waals surface area contributed by atoms with E-state index in [1.54, 1.807) is 18.2 Å². The van der Waals surface area contributed by atoms with Gasteiger partial charge in [-0.3, -0.25) is 4.79 Å². The molecule has 1 N–H and O–H groups in total. The Labute approximate surface area is 146 Å². The fourth-order valence-corrected chi connectivity index (χ4v) is 2.04. The maximum atomic E-state index is 11.8. The molecule has 0 aliphatic heterocycles. The van der Waals surface area contributed by atoms with Crippen molar-refractivity contribution in [1.29, 1.82) is 5.26 Å². The van der Waals surface area contributed by atoms with Crippen molar-refractivity contribution >= 4 is 5.91 Å². The zero-order chi connectivity index (χ0) is 18.1. The summed E-state index contributed by atoms with van der Waals surface area (Å²) in [7, 11) is 1.48. The molecule has 0 spiro atoms. The number of aryl methyl sites for hydroxylation is 1. The van der Waals surface area contributed by atoms with Gasteiger partial charge < -0.3 is 19.5 Å². The van der Waals surface area contributed by atoms with E-state index in [1.165, 1.54) is 7.11 Å². The Kier molecular flexibility index (Phi) is 6.66. The lowest BCUT2D eigenvalue weighted by Crippen LogP contribution is -2.32. The second-order valence-corrected chi connectivity index (χ2v) is 5.28. The topological polar surface area (TPSA) is 80.6 Å². The molecule has 0 saturated heterocycles. The number of hydrogen-bond acceptors (Lipinski definition) is 5. The Balaban J connectivity index is 1.72. The number of nitrogens with zero attached hydrogens (tertiary/aromatic N) is 1. The molecule has 0 radical (unpaired) electrons. The molecule has 2 aromatic rings. The van der Waals surface area contributed by atoms with E-state index in [4.69, 9.17) is 19.5 Å². The van der Waals surface area contributed by atoms with Crippen LogP contribution in [0.1, 0.15) is 11.1 Å². The fraction of sp³-hybridized carbons (Fsp3) is 0.263. The molecule has 0 aromatic heterocycles. The third-order valence-corrected chi connectivity index (χ3v) is 3.37. The summed E-state index contributed by atoms with van der Waals surface area (Å²) in [5, 5.41) is 11.6. The van der Waals surface area contributed by atoms with E-state index in [2.05, 4.69) is 5.32 Å². The third kappa shape index (κ3) is 5.74. The lowest BCUT2D eigenvalue weighted by Gasteiger charge is -2.11. The summed E-state index contributed by atoms with van der Waals surface area (Å²) in [6, 6.07) is 14.5. The molecule has 0 aliphatic carbocycles. The largest absolute Gasteiger partial charge is 0.493 e. The first-order valence-corrected chi connectivity index (χ1v) is 7.79. The van der Waals surface area contributed by atoms with Gasteiger partial charge in [-0.15, -0.1) is 0 Å². The normalized spacial score (nSPS) is 9.80. The van der Waals surface area contributed by atoms with Crippen LogP contribution >= 0.6 is 0 Å². The lowest BCUT2D eigenvalue weighted by molar-refractivity contribution is -0.123. The van der Waals surface area contributed by atoms with E-state index in [1.807, 2.05) is 37.3 Å². The predicted molar refractivity (Wildman–Crippen MR) is 92.9 cm³/mol. The third-order valence-electron chi connectivity index (χ3n) is 3.37. The first-order chi connectivity index (χ1) is 12.1. The summed E-state index contributed by atoms with van der Waals surface area (Å²) < 4.78 is 16.1. The summed E-state index contributed by atoms with van der Waals surface area (Å²) in [6.45, 7) is 2.61. The number of carbonyl (C=O) groups is 1. The number of benzene rings is 2. The van der Waals surface area contributed by atoms with Gasteiger partial charge in [-0.2, -0.15) is 5.26 Å². The molecule has 6 heteroatoms. The van der Waals surface area contributed by atoms with Crippen LogP contribution in [0.3, 0.4) is 0 Å². The number of rotatable bonds is 8. The highest BCUT2D eigenvalue weighted by molar-refractivity contribution is 5.77. The van der Waals surface area contributed by atoms with Crippen molar-refractivity contribution in [2.75, 3.05) is 26.9 Å². The van der Waals surface area contributed by atoms with Crippen LogP contribution in [-0.2, 0) is 4.79 Å². The van der Waals surface area contributed by atoms with Crippen molar-refractivity contribution in [2.24, 2.45) is 0 Å². The second kappa shape index (κ2) is 9.18. The Hall–Kier alpha value is -3.20. The first kappa shape index (κ1) is 18.1. The Morgan fingerprint density at radius 2 is 1.88 bits per heavy atom. The maximum Gasteiger partial charge on any atom is 0.258 e. The van der Waals surface area contributed by atoms with Gasteiger partial charge in [0.15, 0.2) is 18.1 Å².